The van der Waals surface area contributed by atoms with E-state index >= 15 is 0 Å². The van der Waals surface area contributed by atoms with Crippen LogP contribution >= 0.6 is 0 Å². The van der Waals surface area contributed by atoms with Gasteiger partial charge in [0, 0.05) is 23.7 Å². The normalized spacial score (nSPS) is 35.5. The van der Waals surface area contributed by atoms with Crippen molar-refractivity contribution in [2.24, 2.45) is 34.5 Å². The largest absolute Gasteiger partial charge is 0.464 e. The Labute approximate surface area is 224 Å². The maximum atomic E-state index is 13.5. The molecule has 3 fully saturated rings. The summed E-state index contributed by atoms with van der Waals surface area (Å²) >= 11 is 0. The third-order valence-corrected chi connectivity index (χ3v) is 11.3. The van der Waals surface area contributed by atoms with E-state index in [9.17, 15) is 14.4 Å². The van der Waals surface area contributed by atoms with E-state index in [1.807, 2.05) is 6.08 Å². The summed E-state index contributed by atoms with van der Waals surface area (Å²) in [6, 6.07) is 16.8. The van der Waals surface area contributed by atoms with E-state index in [1.165, 1.54) is 22.3 Å². The Morgan fingerprint density at radius 2 is 1.50 bits per heavy atom. The van der Waals surface area contributed by atoms with E-state index in [2.05, 4.69) is 62.4 Å². The van der Waals surface area contributed by atoms with E-state index in [1.54, 1.807) is 0 Å². The van der Waals surface area contributed by atoms with E-state index in [4.69, 9.17) is 4.74 Å². The highest BCUT2D eigenvalue weighted by molar-refractivity contribution is 5.97. The molecule has 0 amide bonds. The number of Topliss-reactive ketones (excluding diaryl/α,β-unsaturated/α-hetero) is 1. The number of allylic oxidation sites excluding steroid dienone is 2. The van der Waals surface area contributed by atoms with Crippen LogP contribution in [0.2, 0.25) is 0 Å². The van der Waals surface area contributed by atoms with Gasteiger partial charge in [-0.15, -0.1) is 0 Å². The van der Waals surface area contributed by atoms with Crippen molar-refractivity contribution in [1.29, 1.82) is 0 Å². The molecule has 0 aromatic heterocycles. The average molecular weight is 509 g/mol. The second-order valence-corrected chi connectivity index (χ2v) is 12.9. The van der Waals surface area contributed by atoms with E-state index in [0.29, 0.717) is 25.2 Å². The fourth-order valence-corrected chi connectivity index (χ4v) is 9.10. The van der Waals surface area contributed by atoms with Crippen LogP contribution in [0.5, 0.6) is 0 Å². The van der Waals surface area contributed by atoms with Gasteiger partial charge in [-0.2, -0.15) is 0 Å². The van der Waals surface area contributed by atoms with Gasteiger partial charge in [0.2, 0.25) is 0 Å². The molecule has 0 bridgehead atoms. The zero-order valence-corrected chi connectivity index (χ0v) is 22.4. The van der Waals surface area contributed by atoms with Gasteiger partial charge in [0.1, 0.15) is 12.4 Å². The number of ketones is 2. The van der Waals surface area contributed by atoms with Crippen molar-refractivity contribution in [3.63, 3.8) is 0 Å². The minimum Gasteiger partial charge on any atom is -0.464 e. The molecule has 2 aromatic carbocycles. The van der Waals surface area contributed by atoms with Crippen LogP contribution in [0.4, 0.5) is 0 Å². The summed E-state index contributed by atoms with van der Waals surface area (Å²) < 4.78 is 6.02. The number of ether oxygens (including phenoxy) is 1. The van der Waals surface area contributed by atoms with E-state index in [0.717, 1.165) is 37.7 Å². The van der Waals surface area contributed by atoms with Crippen LogP contribution in [0.25, 0.3) is 11.1 Å². The average Bonchev–Trinajstić information content (AvgIpc) is 3.41. The Morgan fingerprint density at radius 3 is 2.21 bits per heavy atom. The molecule has 2 aromatic rings. The van der Waals surface area contributed by atoms with Crippen molar-refractivity contribution in [2.75, 3.05) is 6.61 Å². The first-order chi connectivity index (χ1) is 18.3. The zero-order valence-electron chi connectivity index (χ0n) is 22.4. The molecular weight excluding hydrogens is 472 g/mol. The lowest BCUT2D eigenvalue weighted by Crippen LogP contribution is -2.53. The number of rotatable bonds is 3. The van der Waals surface area contributed by atoms with Crippen LogP contribution in [0, 0.1) is 34.5 Å². The Morgan fingerprint density at radius 1 is 0.868 bits per heavy atom. The summed E-state index contributed by atoms with van der Waals surface area (Å²) in [6.45, 7) is 4.76. The van der Waals surface area contributed by atoms with Gasteiger partial charge in [0.05, 0.1) is 5.92 Å². The van der Waals surface area contributed by atoms with Crippen LogP contribution in [0.3, 0.4) is 0 Å². The molecule has 3 saturated carbocycles. The first-order valence-corrected chi connectivity index (χ1v) is 14.4. The van der Waals surface area contributed by atoms with Crippen LogP contribution < -0.4 is 0 Å². The number of carbonyl (C=O) groups excluding carboxylic acids is 3. The third-order valence-electron chi connectivity index (χ3n) is 11.3. The molecule has 0 N–H and O–H groups in total. The minimum absolute atomic E-state index is 0.0417. The molecule has 3 unspecified atom stereocenters. The minimum atomic E-state index is -0.322. The van der Waals surface area contributed by atoms with Gasteiger partial charge in [0.15, 0.2) is 5.78 Å². The summed E-state index contributed by atoms with van der Waals surface area (Å²) in [6.07, 6.45) is 7.48. The number of fused-ring (bicyclic) bond motifs is 8. The molecule has 0 spiro atoms. The van der Waals surface area contributed by atoms with Crippen molar-refractivity contribution < 1.29 is 19.1 Å². The van der Waals surface area contributed by atoms with E-state index in [-0.39, 0.29) is 52.2 Å². The maximum Gasteiger partial charge on any atom is 0.309 e. The van der Waals surface area contributed by atoms with Crippen LogP contribution in [0.15, 0.2) is 60.2 Å². The zero-order chi connectivity index (χ0) is 26.2. The molecule has 7 rings (SSSR count). The number of benzene rings is 2. The highest BCUT2D eigenvalue weighted by Gasteiger charge is 2.61. The molecule has 38 heavy (non-hydrogen) atoms. The van der Waals surface area contributed by atoms with Gasteiger partial charge >= 0.3 is 5.97 Å². The van der Waals surface area contributed by atoms with Crippen molar-refractivity contribution in [2.45, 2.75) is 64.7 Å². The molecule has 0 aliphatic heterocycles. The van der Waals surface area contributed by atoms with Crippen molar-refractivity contribution >= 4 is 17.5 Å². The quantitative estimate of drug-likeness (QED) is 0.435. The van der Waals surface area contributed by atoms with Gasteiger partial charge in [-0.25, -0.2) is 0 Å². The van der Waals surface area contributed by atoms with Crippen LogP contribution in [-0.2, 0) is 19.1 Å². The lowest BCUT2D eigenvalue weighted by Gasteiger charge is -2.56. The molecule has 0 saturated heterocycles. The molecule has 0 heterocycles. The van der Waals surface area contributed by atoms with E-state index < -0.39 is 0 Å². The second-order valence-electron chi connectivity index (χ2n) is 12.9. The molecular formula is C34H36O4. The predicted molar refractivity (Wildman–Crippen MR) is 145 cm³/mol. The number of hydrogen-bond donors (Lipinski definition) is 0. The standard InChI is InChI=1S/C34H36O4/c1-33-15-13-20(17-21(33)18-29(35)31-27-11-12-30(36)34(27,2)16-14-28(31)33)32(37)38-19-26-24-9-5-3-7-22(24)23-8-4-6-10-25(23)26/h3-10,18,20,26-28,31H,11-17,19H2,1-2H3/t20-,27?,28?,31?,33-,34-/m0/s1. The molecule has 6 atom stereocenters. The van der Waals surface area contributed by atoms with Crippen LogP contribution in [-0.4, -0.2) is 24.1 Å². The highest BCUT2D eigenvalue weighted by atomic mass is 16.5. The van der Waals surface area contributed by atoms with Crippen LogP contribution in [0.1, 0.15) is 75.8 Å². The van der Waals surface area contributed by atoms with Gasteiger partial charge in [-0.1, -0.05) is 68.0 Å². The van der Waals surface area contributed by atoms with Gasteiger partial charge in [0.25, 0.3) is 0 Å². The lowest BCUT2D eigenvalue weighted by atomic mass is 9.47. The van der Waals surface area contributed by atoms with Gasteiger partial charge < -0.3 is 4.74 Å². The topological polar surface area (TPSA) is 60.4 Å². The second kappa shape index (κ2) is 8.49. The predicted octanol–water partition coefficient (Wildman–Crippen LogP) is 6.67. The molecule has 196 valence electrons. The van der Waals surface area contributed by atoms with Crippen molar-refractivity contribution in [3.8, 4) is 11.1 Å². The SMILES string of the molecule is C[C@]12CC[C@H](C(=O)OCC3c4ccccc4-c4ccccc43)CC1=CC(=O)C1C2CC[C@]2(C)C(=O)CCC12. The number of carbonyl (C=O) groups is 3. The lowest BCUT2D eigenvalue weighted by molar-refractivity contribution is -0.152. The Kier molecular flexibility index (Phi) is 5.38. The first kappa shape index (κ1) is 24.1. The molecule has 0 radical (unpaired) electrons. The summed E-state index contributed by atoms with van der Waals surface area (Å²) in [5.74, 6) is 0.684. The smallest absolute Gasteiger partial charge is 0.309 e. The summed E-state index contributed by atoms with van der Waals surface area (Å²) in [5, 5.41) is 0. The molecule has 5 aliphatic rings. The highest BCUT2D eigenvalue weighted by Crippen LogP contribution is 2.63. The van der Waals surface area contributed by atoms with Gasteiger partial charge in [-0.3, -0.25) is 14.4 Å². The fourth-order valence-electron chi connectivity index (χ4n) is 9.10. The third kappa shape index (κ3) is 3.31. The Bertz CT molecular complexity index is 1340. The Balaban J connectivity index is 1.08. The first-order valence-electron chi connectivity index (χ1n) is 14.4. The Hall–Kier alpha value is -3.01. The monoisotopic (exact) mass is 508 g/mol. The fraction of sp³-hybridized carbons (Fsp3) is 0.500. The summed E-state index contributed by atoms with van der Waals surface area (Å²) in [4.78, 5) is 39.6. The van der Waals surface area contributed by atoms with Crippen molar-refractivity contribution in [3.05, 3.63) is 71.3 Å². The summed E-state index contributed by atoms with van der Waals surface area (Å²) in [7, 11) is 0. The molecule has 5 aliphatic carbocycles. The molecule has 4 heteroatoms. The summed E-state index contributed by atoms with van der Waals surface area (Å²) in [5.41, 5.74) is 5.65. The number of hydrogen-bond acceptors (Lipinski definition) is 4. The maximum absolute atomic E-state index is 13.5. The number of esters is 1. The van der Waals surface area contributed by atoms with Gasteiger partial charge in [-0.05, 0) is 84.1 Å². The van der Waals surface area contributed by atoms with Crippen molar-refractivity contribution in [1.82, 2.24) is 0 Å². The molecule has 4 nitrogen and oxygen atoms in total.